The summed E-state index contributed by atoms with van der Waals surface area (Å²) in [6.45, 7) is 0. The predicted octanol–water partition coefficient (Wildman–Crippen LogP) is 1.29. The minimum absolute atomic E-state index is 0.663. The van der Waals surface area contributed by atoms with Gasteiger partial charge in [-0.3, -0.25) is 10.1 Å². The zero-order valence-corrected chi connectivity index (χ0v) is 9.12. The number of hydrogen-bond donors (Lipinski definition) is 2. The van der Waals surface area contributed by atoms with Gasteiger partial charge in [0.05, 0.1) is 29.6 Å². The van der Waals surface area contributed by atoms with Crippen molar-refractivity contribution in [1.82, 2.24) is 35.1 Å². The van der Waals surface area contributed by atoms with E-state index in [1.54, 1.807) is 24.8 Å². The first-order valence-corrected chi connectivity index (χ1v) is 5.36. The Morgan fingerprint density at radius 3 is 2.94 bits per heavy atom. The van der Waals surface area contributed by atoms with Crippen molar-refractivity contribution < 1.29 is 0 Å². The fraction of sp³-hybridized carbons (Fsp3) is 0. The van der Waals surface area contributed by atoms with Gasteiger partial charge >= 0.3 is 0 Å². The van der Waals surface area contributed by atoms with Crippen LogP contribution >= 0.6 is 0 Å². The summed E-state index contributed by atoms with van der Waals surface area (Å²) >= 11 is 0. The van der Waals surface area contributed by atoms with E-state index in [2.05, 4.69) is 35.1 Å². The van der Waals surface area contributed by atoms with E-state index in [0.29, 0.717) is 22.7 Å². The Morgan fingerprint density at radius 2 is 2.00 bits per heavy atom. The highest BCUT2D eigenvalue weighted by atomic mass is 15.1. The van der Waals surface area contributed by atoms with Gasteiger partial charge in [0.2, 0.25) is 0 Å². The van der Waals surface area contributed by atoms with Crippen LogP contribution in [-0.2, 0) is 0 Å². The zero-order valence-electron chi connectivity index (χ0n) is 9.12. The van der Waals surface area contributed by atoms with Crippen LogP contribution in [0.5, 0.6) is 0 Å². The Hall–Kier alpha value is -2.83. The highest BCUT2D eigenvalue weighted by Crippen LogP contribution is 2.18. The van der Waals surface area contributed by atoms with Crippen LogP contribution in [-0.4, -0.2) is 35.1 Å². The van der Waals surface area contributed by atoms with E-state index in [4.69, 9.17) is 0 Å². The molecule has 0 fully saturated rings. The molecule has 0 aliphatic rings. The van der Waals surface area contributed by atoms with Gasteiger partial charge in [-0.05, 0) is 6.07 Å². The predicted molar refractivity (Wildman–Crippen MR) is 64.6 cm³/mol. The fourth-order valence-corrected chi connectivity index (χ4v) is 1.83. The van der Waals surface area contributed by atoms with Crippen molar-refractivity contribution in [1.29, 1.82) is 0 Å². The molecule has 7 nitrogen and oxygen atoms in total. The molecule has 0 aromatic carbocycles. The Balaban J connectivity index is 1.94. The van der Waals surface area contributed by atoms with Crippen molar-refractivity contribution in [3.8, 4) is 11.5 Å². The van der Waals surface area contributed by atoms with Crippen LogP contribution in [0, 0.1) is 0 Å². The van der Waals surface area contributed by atoms with Crippen molar-refractivity contribution in [2.24, 2.45) is 0 Å². The lowest BCUT2D eigenvalue weighted by molar-refractivity contribution is 1.10. The number of nitrogens with one attached hydrogen (secondary N) is 2. The maximum Gasteiger partial charge on any atom is 0.174 e. The minimum atomic E-state index is 0.663. The number of rotatable bonds is 1. The van der Waals surface area contributed by atoms with Gasteiger partial charge < -0.3 is 4.98 Å². The van der Waals surface area contributed by atoms with Gasteiger partial charge in [-0.25, -0.2) is 15.0 Å². The molecule has 0 spiro atoms. The summed E-state index contributed by atoms with van der Waals surface area (Å²) in [5.41, 5.74) is 3.79. The topological polar surface area (TPSA) is 96.0 Å². The Morgan fingerprint density at radius 1 is 1.00 bits per heavy atom. The van der Waals surface area contributed by atoms with E-state index < -0.39 is 0 Å². The monoisotopic (exact) mass is 237 g/mol. The lowest BCUT2D eigenvalue weighted by Gasteiger charge is -1.94. The van der Waals surface area contributed by atoms with Crippen molar-refractivity contribution in [3.05, 3.63) is 30.9 Å². The summed E-state index contributed by atoms with van der Waals surface area (Å²) in [4.78, 5) is 20.3. The third-order valence-electron chi connectivity index (χ3n) is 2.68. The van der Waals surface area contributed by atoms with Gasteiger partial charge in [0.15, 0.2) is 11.5 Å². The molecule has 4 heterocycles. The van der Waals surface area contributed by atoms with Crippen molar-refractivity contribution in [2.75, 3.05) is 0 Å². The molecule has 7 heteroatoms. The average molecular weight is 237 g/mol. The number of imidazole rings is 1. The summed E-state index contributed by atoms with van der Waals surface area (Å²) in [5.74, 6) is 0.675. The summed E-state index contributed by atoms with van der Waals surface area (Å²) in [5, 5.41) is 6.65. The van der Waals surface area contributed by atoms with Gasteiger partial charge in [-0.2, -0.15) is 5.10 Å². The van der Waals surface area contributed by atoms with Crippen LogP contribution in [0.15, 0.2) is 30.9 Å². The summed E-state index contributed by atoms with van der Waals surface area (Å²) < 4.78 is 0. The summed E-state index contributed by atoms with van der Waals surface area (Å²) in [6, 6.07) is 1.85. The van der Waals surface area contributed by atoms with E-state index >= 15 is 0 Å². The number of pyridine rings is 1. The van der Waals surface area contributed by atoms with Crippen molar-refractivity contribution in [3.63, 3.8) is 0 Å². The highest BCUT2D eigenvalue weighted by Gasteiger charge is 2.08. The largest absolute Gasteiger partial charge is 0.335 e. The molecule has 18 heavy (non-hydrogen) atoms. The van der Waals surface area contributed by atoms with Crippen LogP contribution in [0.1, 0.15) is 0 Å². The molecule has 0 aliphatic heterocycles. The third kappa shape index (κ3) is 1.27. The van der Waals surface area contributed by atoms with Crippen LogP contribution in [0.2, 0.25) is 0 Å². The standard InChI is InChI=1S/C11H7N7/c1-2-12-3-7-6(1)16-11(17-7)8-4-13-10-9(15-8)5-14-18-10/h1-5H,(H,16,17)(H,13,14,18). The maximum absolute atomic E-state index is 4.45. The van der Waals surface area contributed by atoms with E-state index in [9.17, 15) is 0 Å². The summed E-state index contributed by atoms with van der Waals surface area (Å²) in [7, 11) is 0. The van der Waals surface area contributed by atoms with Crippen LogP contribution in [0.4, 0.5) is 0 Å². The number of hydrogen-bond acceptors (Lipinski definition) is 5. The molecular formula is C11H7N7. The third-order valence-corrected chi connectivity index (χ3v) is 2.68. The van der Waals surface area contributed by atoms with Gasteiger partial charge in [-0.1, -0.05) is 0 Å². The van der Waals surface area contributed by atoms with E-state index in [1.165, 1.54) is 0 Å². The minimum Gasteiger partial charge on any atom is -0.335 e. The van der Waals surface area contributed by atoms with Crippen LogP contribution < -0.4 is 0 Å². The first kappa shape index (κ1) is 9.23. The second-order valence-electron chi connectivity index (χ2n) is 3.84. The number of H-pyrrole nitrogens is 2. The SMILES string of the molecule is c1cc2nc(-c3cnc4[nH]ncc4n3)[nH]c2cn1. The molecule has 86 valence electrons. The smallest absolute Gasteiger partial charge is 0.174 e. The molecule has 4 rings (SSSR count). The van der Waals surface area contributed by atoms with Crippen molar-refractivity contribution >= 4 is 22.2 Å². The lowest BCUT2D eigenvalue weighted by Crippen LogP contribution is -1.88. The maximum atomic E-state index is 4.45. The second-order valence-corrected chi connectivity index (χ2v) is 3.84. The summed E-state index contributed by atoms with van der Waals surface area (Å²) in [6.07, 6.45) is 6.73. The molecule has 0 amide bonds. The molecule has 4 aromatic heterocycles. The van der Waals surface area contributed by atoms with E-state index in [0.717, 1.165) is 11.0 Å². The Labute approximate surface area is 100 Å². The van der Waals surface area contributed by atoms with E-state index in [1.807, 2.05) is 6.07 Å². The molecule has 0 unspecified atom stereocenters. The van der Waals surface area contributed by atoms with Gasteiger partial charge in [0, 0.05) is 6.20 Å². The molecule has 0 atom stereocenters. The van der Waals surface area contributed by atoms with Crippen molar-refractivity contribution in [2.45, 2.75) is 0 Å². The molecule has 0 saturated heterocycles. The van der Waals surface area contributed by atoms with Gasteiger partial charge in [0.1, 0.15) is 11.2 Å². The highest BCUT2D eigenvalue weighted by molar-refractivity contribution is 5.78. The van der Waals surface area contributed by atoms with Crippen LogP contribution in [0.25, 0.3) is 33.7 Å². The quantitative estimate of drug-likeness (QED) is 0.520. The zero-order chi connectivity index (χ0) is 11.9. The first-order valence-electron chi connectivity index (χ1n) is 5.36. The Kier molecular flexibility index (Phi) is 1.71. The second kappa shape index (κ2) is 3.33. The fourth-order valence-electron chi connectivity index (χ4n) is 1.83. The molecule has 4 aromatic rings. The van der Waals surface area contributed by atoms with Gasteiger partial charge in [0.25, 0.3) is 0 Å². The number of fused-ring (bicyclic) bond motifs is 2. The first-order chi connectivity index (χ1) is 8.90. The molecular weight excluding hydrogens is 230 g/mol. The van der Waals surface area contributed by atoms with Crippen LogP contribution in [0.3, 0.4) is 0 Å². The number of nitrogens with zero attached hydrogens (tertiary/aromatic N) is 5. The Bertz CT molecular complexity index is 811. The number of aromatic nitrogens is 7. The van der Waals surface area contributed by atoms with E-state index in [-0.39, 0.29) is 0 Å². The molecule has 0 saturated carbocycles. The molecule has 0 bridgehead atoms. The molecule has 0 aliphatic carbocycles. The lowest BCUT2D eigenvalue weighted by atomic mass is 10.4. The average Bonchev–Trinajstić information content (AvgIpc) is 3.04. The van der Waals surface area contributed by atoms with Gasteiger partial charge in [-0.15, -0.1) is 0 Å². The molecule has 0 radical (unpaired) electrons. The number of aromatic amines is 2. The normalized spacial score (nSPS) is 11.3. The molecule has 2 N–H and O–H groups in total.